The second kappa shape index (κ2) is 15.2. The zero-order valence-corrected chi connectivity index (χ0v) is 23.4. The molecule has 0 aromatic heterocycles. The number of anilines is 1. The van der Waals surface area contributed by atoms with Gasteiger partial charge in [0.2, 0.25) is 11.8 Å². The predicted octanol–water partition coefficient (Wildman–Crippen LogP) is 4.80. The minimum absolute atomic E-state index is 0.0246. The highest BCUT2D eigenvalue weighted by molar-refractivity contribution is 5.95. The van der Waals surface area contributed by atoms with Gasteiger partial charge in [0.15, 0.2) is 5.78 Å². The molecule has 3 aromatic carbocycles. The molecule has 0 heterocycles. The lowest BCUT2D eigenvalue weighted by Gasteiger charge is -2.28. The number of halogens is 2. The van der Waals surface area contributed by atoms with Crippen molar-refractivity contribution < 1.29 is 28.3 Å². The van der Waals surface area contributed by atoms with Gasteiger partial charge in [0.25, 0.3) is 0 Å². The van der Waals surface area contributed by atoms with E-state index in [1.807, 2.05) is 31.2 Å². The van der Waals surface area contributed by atoms with Gasteiger partial charge in [0, 0.05) is 49.3 Å². The summed E-state index contributed by atoms with van der Waals surface area (Å²) in [4.78, 5) is 38.6. The Kier molecular flexibility index (Phi) is 11.7. The van der Waals surface area contributed by atoms with Crippen molar-refractivity contribution in [3.8, 4) is 0 Å². The average Bonchev–Trinajstić information content (AvgIpc) is 2.92. The molecule has 2 amide bonds. The molecule has 0 aliphatic carbocycles. The molecule has 3 rings (SSSR count). The Balaban J connectivity index is 1.62. The third kappa shape index (κ3) is 10.2. The van der Waals surface area contributed by atoms with Crippen LogP contribution in [0.4, 0.5) is 14.5 Å². The van der Waals surface area contributed by atoms with Gasteiger partial charge in [-0.05, 0) is 79.3 Å². The normalized spacial score (nSPS) is 12.4. The number of Topliss-reactive ketones (excluding diaryl/α,β-unsaturated/α-hetero) is 1. The summed E-state index contributed by atoms with van der Waals surface area (Å²) in [5.41, 5.74) is 9.57. The number of aryl methyl sites for hydroxylation is 1. The van der Waals surface area contributed by atoms with Crippen LogP contribution >= 0.6 is 0 Å². The lowest BCUT2D eigenvalue weighted by molar-refractivity contribution is -0.133. The van der Waals surface area contributed by atoms with Crippen LogP contribution < -0.4 is 11.1 Å². The molecule has 4 N–H and O–H groups in total. The molecule has 2 atom stereocenters. The van der Waals surface area contributed by atoms with E-state index in [4.69, 9.17) is 5.73 Å². The number of hydrogen-bond donors (Lipinski definition) is 3. The molecule has 0 saturated carbocycles. The van der Waals surface area contributed by atoms with Gasteiger partial charge in [0.05, 0.1) is 6.10 Å². The Labute approximate surface area is 239 Å². The monoisotopic (exact) mass is 565 g/mol. The van der Waals surface area contributed by atoms with E-state index in [2.05, 4.69) is 5.32 Å². The van der Waals surface area contributed by atoms with Crippen molar-refractivity contribution in [1.82, 2.24) is 4.90 Å². The fourth-order valence-corrected chi connectivity index (χ4v) is 4.49. The first-order valence-corrected chi connectivity index (χ1v) is 13.7. The van der Waals surface area contributed by atoms with Gasteiger partial charge in [0.1, 0.15) is 11.6 Å². The number of ketones is 1. The Hall–Kier alpha value is -3.95. The Morgan fingerprint density at radius 2 is 1.59 bits per heavy atom. The largest absolute Gasteiger partial charge is 0.390 e. The van der Waals surface area contributed by atoms with Gasteiger partial charge in [-0.2, -0.15) is 0 Å². The molecule has 3 aromatic rings. The molecule has 7 nitrogen and oxygen atoms in total. The van der Waals surface area contributed by atoms with Gasteiger partial charge >= 0.3 is 0 Å². The lowest BCUT2D eigenvalue weighted by atomic mass is 10.0. The Morgan fingerprint density at radius 1 is 0.927 bits per heavy atom. The number of rotatable bonds is 14. The van der Waals surface area contributed by atoms with Crippen LogP contribution in [0.2, 0.25) is 0 Å². The van der Waals surface area contributed by atoms with E-state index in [1.165, 1.54) is 11.8 Å². The van der Waals surface area contributed by atoms with E-state index < -0.39 is 23.8 Å². The summed E-state index contributed by atoms with van der Waals surface area (Å²) in [6, 6.07) is 16.6. The number of benzene rings is 3. The molecule has 0 saturated heterocycles. The van der Waals surface area contributed by atoms with E-state index in [0.717, 1.165) is 35.7 Å². The predicted molar refractivity (Wildman–Crippen MR) is 154 cm³/mol. The highest BCUT2D eigenvalue weighted by atomic mass is 19.1. The number of aliphatic hydroxyl groups excluding tert-OH is 1. The van der Waals surface area contributed by atoms with Crippen molar-refractivity contribution in [2.24, 2.45) is 5.73 Å². The zero-order chi connectivity index (χ0) is 29.9. The van der Waals surface area contributed by atoms with Gasteiger partial charge in [-0.3, -0.25) is 14.4 Å². The molecule has 0 aliphatic rings. The van der Waals surface area contributed by atoms with Crippen molar-refractivity contribution in [2.75, 3.05) is 11.9 Å². The number of nitrogens with zero attached hydrogens (tertiary/aromatic N) is 1. The van der Waals surface area contributed by atoms with Crippen LogP contribution in [-0.4, -0.2) is 46.3 Å². The maximum atomic E-state index is 13.6. The fraction of sp³-hybridized carbons (Fsp3) is 0.344. The summed E-state index contributed by atoms with van der Waals surface area (Å²) in [6.07, 6.45) is 0.157. The number of carbonyl (C=O) groups excluding carboxylic acids is 3. The Morgan fingerprint density at radius 3 is 2.22 bits per heavy atom. The number of amides is 2. The highest BCUT2D eigenvalue weighted by Crippen LogP contribution is 2.16. The summed E-state index contributed by atoms with van der Waals surface area (Å²) in [6.45, 7) is 3.65. The van der Waals surface area contributed by atoms with Crippen LogP contribution in [0.3, 0.4) is 0 Å². The van der Waals surface area contributed by atoms with E-state index in [9.17, 15) is 28.3 Å². The molecule has 0 fully saturated rings. The number of carbonyl (C=O) groups is 3. The smallest absolute Gasteiger partial charge is 0.224 e. The first-order chi connectivity index (χ1) is 19.5. The standard InChI is InChI=1S/C32H37F2N3O4/c1-3-22-6-4-7-23(14-22)19-37(20-30(39)29(35)17-24-15-26(33)18-27(34)16-24)32(41)9-5-8-31(40)36-28-12-10-25(11-13-28)21(2)38/h4,6-7,10-16,18,29-30,39H,3,5,8-9,17,19-20,35H2,1-2H3,(H,36,40)/t29-,30+/m0/s1. The molecule has 9 heteroatoms. The number of nitrogens with one attached hydrogen (secondary N) is 1. The molecule has 0 spiro atoms. The third-order valence-corrected chi connectivity index (χ3v) is 6.79. The molecule has 0 bridgehead atoms. The second-order valence-corrected chi connectivity index (χ2v) is 10.2. The van der Waals surface area contributed by atoms with Crippen LogP contribution in [0.15, 0.2) is 66.7 Å². The molecule has 41 heavy (non-hydrogen) atoms. The maximum absolute atomic E-state index is 13.6. The van der Waals surface area contributed by atoms with Gasteiger partial charge < -0.3 is 21.1 Å². The molecule has 0 unspecified atom stereocenters. The second-order valence-electron chi connectivity index (χ2n) is 10.2. The van der Waals surface area contributed by atoms with Crippen molar-refractivity contribution in [3.05, 3.63) is 101 Å². The van der Waals surface area contributed by atoms with Crippen LogP contribution in [0.5, 0.6) is 0 Å². The van der Waals surface area contributed by atoms with Crippen molar-refractivity contribution in [1.29, 1.82) is 0 Å². The van der Waals surface area contributed by atoms with Crippen LogP contribution in [0.25, 0.3) is 0 Å². The molecular weight excluding hydrogens is 528 g/mol. The minimum atomic E-state index is -1.15. The van der Waals surface area contributed by atoms with E-state index in [1.54, 1.807) is 24.3 Å². The van der Waals surface area contributed by atoms with Gasteiger partial charge in [-0.25, -0.2) is 8.78 Å². The average molecular weight is 566 g/mol. The summed E-state index contributed by atoms with van der Waals surface area (Å²) >= 11 is 0. The van der Waals surface area contributed by atoms with Gasteiger partial charge in [-0.15, -0.1) is 0 Å². The van der Waals surface area contributed by atoms with Crippen LogP contribution in [0, 0.1) is 11.6 Å². The van der Waals surface area contributed by atoms with Crippen molar-refractivity contribution in [3.63, 3.8) is 0 Å². The highest BCUT2D eigenvalue weighted by Gasteiger charge is 2.23. The van der Waals surface area contributed by atoms with Crippen LogP contribution in [0.1, 0.15) is 60.2 Å². The molecule has 0 radical (unpaired) electrons. The van der Waals surface area contributed by atoms with E-state index in [-0.39, 0.29) is 56.4 Å². The third-order valence-electron chi connectivity index (χ3n) is 6.79. The number of hydrogen-bond acceptors (Lipinski definition) is 5. The number of aliphatic hydroxyl groups is 1. The van der Waals surface area contributed by atoms with Gasteiger partial charge in [-0.1, -0.05) is 31.2 Å². The summed E-state index contributed by atoms with van der Waals surface area (Å²) < 4.78 is 27.2. The first-order valence-electron chi connectivity index (χ1n) is 13.7. The summed E-state index contributed by atoms with van der Waals surface area (Å²) in [7, 11) is 0. The maximum Gasteiger partial charge on any atom is 0.224 e. The zero-order valence-electron chi connectivity index (χ0n) is 23.4. The summed E-state index contributed by atoms with van der Waals surface area (Å²) in [5.74, 6) is -2.05. The minimum Gasteiger partial charge on any atom is -0.390 e. The molecule has 0 aliphatic heterocycles. The SMILES string of the molecule is CCc1cccc(CN(C[C@@H](O)[C@@H](N)Cc2cc(F)cc(F)c2)C(=O)CCCC(=O)Nc2ccc(C(C)=O)cc2)c1. The van der Waals surface area contributed by atoms with E-state index >= 15 is 0 Å². The molecule has 218 valence electrons. The quantitative estimate of drug-likeness (QED) is 0.243. The van der Waals surface area contributed by atoms with Crippen LogP contribution in [-0.2, 0) is 29.0 Å². The first kappa shape index (κ1) is 31.6. The molecular formula is C32H37F2N3O4. The lowest BCUT2D eigenvalue weighted by Crippen LogP contribution is -2.46. The van der Waals surface area contributed by atoms with Crippen molar-refractivity contribution in [2.45, 2.75) is 64.6 Å². The topological polar surface area (TPSA) is 113 Å². The van der Waals surface area contributed by atoms with E-state index in [0.29, 0.717) is 16.8 Å². The fourth-order valence-electron chi connectivity index (χ4n) is 4.49. The summed E-state index contributed by atoms with van der Waals surface area (Å²) in [5, 5.41) is 13.6. The van der Waals surface area contributed by atoms with Crippen molar-refractivity contribution >= 4 is 23.3 Å². The Bertz CT molecular complexity index is 1330. The number of nitrogens with two attached hydrogens (primary N) is 1.